The summed E-state index contributed by atoms with van der Waals surface area (Å²) in [4.78, 5) is 23.6. The zero-order chi connectivity index (χ0) is 14.5. The lowest BCUT2D eigenvalue weighted by atomic mass is 9.96. The molecule has 0 bridgehead atoms. The van der Waals surface area contributed by atoms with E-state index in [1.165, 1.54) is 14.2 Å². The summed E-state index contributed by atoms with van der Waals surface area (Å²) in [5, 5.41) is 2.90. The summed E-state index contributed by atoms with van der Waals surface area (Å²) in [5.41, 5.74) is 5.06. The van der Waals surface area contributed by atoms with Gasteiger partial charge in [-0.05, 0) is 26.2 Å². The van der Waals surface area contributed by atoms with E-state index < -0.39 is 5.54 Å². The second kappa shape index (κ2) is 8.44. The molecule has 3 atom stereocenters. The minimum Gasteiger partial charge on any atom is -0.469 e. The van der Waals surface area contributed by atoms with Crippen molar-refractivity contribution in [1.82, 2.24) is 5.32 Å². The van der Waals surface area contributed by atoms with Gasteiger partial charge in [-0.15, -0.1) is 12.4 Å². The van der Waals surface area contributed by atoms with E-state index in [-0.39, 0.29) is 49.3 Å². The molecule has 3 unspecified atom stereocenters. The van der Waals surface area contributed by atoms with Gasteiger partial charge in [-0.3, -0.25) is 9.59 Å². The molecule has 20 heavy (non-hydrogen) atoms. The highest BCUT2D eigenvalue weighted by Crippen LogP contribution is 2.25. The van der Waals surface area contributed by atoms with E-state index in [0.29, 0.717) is 6.42 Å². The molecular formula is C13H25ClN2O4. The van der Waals surface area contributed by atoms with Crippen molar-refractivity contribution in [1.29, 1.82) is 0 Å². The average molecular weight is 309 g/mol. The van der Waals surface area contributed by atoms with E-state index in [4.69, 9.17) is 10.5 Å². The summed E-state index contributed by atoms with van der Waals surface area (Å²) in [6.45, 7) is 2.03. The number of methoxy groups -OCH3 is 2. The lowest BCUT2D eigenvalue weighted by molar-refractivity contribution is -0.143. The lowest BCUT2D eigenvalue weighted by Crippen LogP contribution is -2.52. The van der Waals surface area contributed by atoms with E-state index in [9.17, 15) is 9.59 Å². The number of hydrogen-bond donors (Lipinski definition) is 2. The van der Waals surface area contributed by atoms with E-state index in [1.807, 2.05) is 0 Å². The van der Waals surface area contributed by atoms with Gasteiger partial charge in [0.15, 0.2) is 0 Å². The number of hydrogen-bond acceptors (Lipinski definition) is 5. The van der Waals surface area contributed by atoms with Crippen molar-refractivity contribution in [2.75, 3.05) is 20.8 Å². The number of amides is 1. The first kappa shape index (κ1) is 19.1. The molecular weight excluding hydrogens is 284 g/mol. The molecule has 3 N–H and O–H groups in total. The van der Waals surface area contributed by atoms with Gasteiger partial charge < -0.3 is 20.5 Å². The first-order valence-electron chi connectivity index (χ1n) is 6.53. The molecule has 0 aromatic rings. The predicted molar refractivity (Wildman–Crippen MR) is 77.6 cm³/mol. The van der Waals surface area contributed by atoms with Gasteiger partial charge in [-0.25, -0.2) is 0 Å². The van der Waals surface area contributed by atoms with Gasteiger partial charge in [0.1, 0.15) is 0 Å². The standard InChI is InChI=1S/C13H24N2O4.ClH/c1-13(8-18-2,7-11(16)19-3)15-12(17)9-4-5-10(14)6-9;/h9-10H,4-8,14H2,1-3H3,(H,15,17);1H. The molecule has 1 amide bonds. The van der Waals surface area contributed by atoms with Crippen LogP contribution in [0.5, 0.6) is 0 Å². The molecule has 0 spiro atoms. The third-order valence-electron chi connectivity index (χ3n) is 3.49. The highest BCUT2D eigenvalue weighted by molar-refractivity contribution is 5.85. The fourth-order valence-electron chi connectivity index (χ4n) is 2.49. The third kappa shape index (κ3) is 5.64. The number of carbonyl (C=O) groups is 2. The smallest absolute Gasteiger partial charge is 0.307 e. The van der Waals surface area contributed by atoms with Gasteiger partial charge in [-0.2, -0.15) is 0 Å². The average Bonchev–Trinajstić information content (AvgIpc) is 2.75. The number of halogens is 1. The van der Waals surface area contributed by atoms with Gasteiger partial charge in [0.2, 0.25) is 5.91 Å². The van der Waals surface area contributed by atoms with Crippen molar-refractivity contribution >= 4 is 24.3 Å². The van der Waals surface area contributed by atoms with Crippen molar-refractivity contribution in [3.05, 3.63) is 0 Å². The molecule has 7 heteroatoms. The van der Waals surface area contributed by atoms with Gasteiger partial charge in [0.25, 0.3) is 0 Å². The summed E-state index contributed by atoms with van der Waals surface area (Å²) in [7, 11) is 2.86. The number of nitrogens with one attached hydrogen (secondary N) is 1. The maximum Gasteiger partial charge on any atom is 0.307 e. The molecule has 1 aliphatic rings. The van der Waals surface area contributed by atoms with Crippen LogP contribution in [0.2, 0.25) is 0 Å². The highest BCUT2D eigenvalue weighted by atomic mass is 35.5. The molecule has 1 fully saturated rings. The normalized spacial score (nSPS) is 24.4. The van der Waals surface area contributed by atoms with E-state index >= 15 is 0 Å². The van der Waals surface area contributed by atoms with Gasteiger partial charge in [0.05, 0.1) is 25.7 Å². The summed E-state index contributed by atoms with van der Waals surface area (Å²) in [6.07, 6.45) is 2.46. The van der Waals surface area contributed by atoms with Crippen LogP contribution in [0.25, 0.3) is 0 Å². The van der Waals surface area contributed by atoms with Crippen LogP contribution in [-0.2, 0) is 19.1 Å². The Morgan fingerprint density at radius 2 is 2.00 bits per heavy atom. The van der Waals surface area contributed by atoms with E-state index in [1.54, 1.807) is 6.92 Å². The van der Waals surface area contributed by atoms with Crippen molar-refractivity contribution in [2.45, 2.75) is 44.2 Å². The van der Waals surface area contributed by atoms with Crippen molar-refractivity contribution < 1.29 is 19.1 Å². The lowest BCUT2D eigenvalue weighted by Gasteiger charge is -2.30. The molecule has 0 heterocycles. The second-order valence-electron chi connectivity index (χ2n) is 5.51. The third-order valence-corrected chi connectivity index (χ3v) is 3.49. The maximum absolute atomic E-state index is 12.2. The second-order valence-corrected chi connectivity index (χ2v) is 5.51. The molecule has 0 saturated heterocycles. The Hall–Kier alpha value is -0.850. The Labute approximate surface area is 126 Å². The molecule has 1 saturated carbocycles. The first-order valence-corrected chi connectivity index (χ1v) is 6.53. The molecule has 1 rings (SSSR count). The first-order chi connectivity index (χ1) is 8.90. The fourth-order valence-corrected chi connectivity index (χ4v) is 2.49. The maximum atomic E-state index is 12.2. The predicted octanol–water partition coefficient (Wildman–Crippen LogP) is 0.620. The van der Waals surface area contributed by atoms with Crippen LogP contribution < -0.4 is 11.1 Å². The van der Waals surface area contributed by atoms with Crippen molar-refractivity contribution in [3.8, 4) is 0 Å². The molecule has 0 aromatic heterocycles. The number of esters is 1. The van der Waals surface area contributed by atoms with E-state index in [0.717, 1.165) is 12.8 Å². The summed E-state index contributed by atoms with van der Waals surface area (Å²) < 4.78 is 9.74. The number of carbonyl (C=O) groups excluding carboxylic acids is 2. The highest BCUT2D eigenvalue weighted by Gasteiger charge is 2.35. The molecule has 0 aromatic carbocycles. The number of nitrogens with two attached hydrogens (primary N) is 1. The topological polar surface area (TPSA) is 90.6 Å². The molecule has 118 valence electrons. The Kier molecular flexibility index (Phi) is 8.08. The Bertz CT molecular complexity index is 340. The zero-order valence-electron chi connectivity index (χ0n) is 12.3. The minimum atomic E-state index is -0.744. The Morgan fingerprint density at radius 1 is 1.35 bits per heavy atom. The minimum absolute atomic E-state index is 0. The van der Waals surface area contributed by atoms with Crippen LogP contribution >= 0.6 is 12.4 Å². The molecule has 6 nitrogen and oxygen atoms in total. The van der Waals surface area contributed by atoms with Crippen LogP contribution in [0.4, 0.5) is 0 Å². The number of ether oxygens (including phenoxy) is 2. The van der Waals surface area contributed by atoms with Crippen molar-refractivity contribution in [3.63, 3.8) is 0 Å². The monoisotopic (exact) mass is 308 g/mol. The summed E-state index contributed by atoms with van der Waals surface area (Å²) >= 11 is 0. The SMILES string of the molecule is COCC(C)(CC(=O)OC)NC(=O)C1CCC(N)C1.Cl. The summed E-state index contributed by atoms with van der Waals surface area (Å²) in [6, 6.07) is 0.102. The van der Waals surface area contributed by atoms with Crippen molar-refractivity contribution in [2.24, 2.45) is 11.7 Å². The van der Waals surface area contributed by atoms with Crippen LogP contribution in [0.3, 0.4) is 0 Å². The Morgan fingerprint density at radius 3 is 2.45 bits per heavy atom. The molecule has 0 aliphatic heterocycles. The van der Waals surface area contributed by atoms with Gasteiger partial charge >= 0.3 is 5.97 Å². The molecule has 0 radical (unpaired) electrons. The quantitative estimate of drug-likeness (QED) is 0.702. The largest absolute Gasteiger partial charge is 0.469 e. The van der Waals surface area contributed by atoms with Crippen LogP contribution in [0.1, 0.15) is 32.6 Å². The summed E-state index contributed by atoms with van der Waals surface area (Å²) in [5.74, 6) is -0.497. The zero-order valence-corrected chi connectivity index (χ0v) is 13.1. The Balaban J connectivity index is 0.00000361. The van der Waals surface area contributed by atoms with Gasteiger partial charge in [0, 0.05) is 19.1 Å². The van der Waals surface area contributed by atoms with Crippen LogP contribution in [0.15, 0.2) is 0 Å². The van der Waals surface area contributed by atoms with Crippen LogP contribution in [-0.4, -0.2) is 44.3 Å². The molecule has 1 aliphatic carbocycles. The fraction of sp³-hybridized carbons (Fsp3) is 0.846. The van der Waals surface area contributed by atoms with Crippen LogP contribution in [0, 0.1) is 5.92 Å². The van der Waals surface area contributed by atoms with Gasteiger partial charge in [-0.1, -0.05) is 0 Å². The number of rotatable bonds is 6. The van der Waals surface area contributed by atoms with E-state index in [2.05, 4.69) is 10.1 Å².